The van der Waals surface area contributed by atoms with Gasteiger partial charge in [-0.3, -0.25) is 19.3 Å². The van der Waals surface area contributed by atoms with E-state index in [1.165, 1.54) is 17.0 Å². The number of likely N-dealkylation sites (tertiary alicyclic amines) is 1. The van der Waals surface area contributed by atoms with Gasteiger partial charge in [0.05, 0.1) is 6.42 Å². The van der Waals surface area contributed by atoms with E-state index in [2.05, 4.69) is 0 Å². The molecule has 0 radical (unpaired) electrons. The zero-order valence-corrected chi connectivity index (χ0v) is 15.0. The molecule has 138 valence electrons. The summed E-state index contributed by atoms with van der Waals surface area (Å²) in [6.07, 6.45) is 3.46. The smallest absolute Gasteiger partial charge is 0.229 e. The van der Waals surface area contributed by atoms with Crippen LogP contribution in [-0.2, 0) is 20.8 Å². The van der Waals surface area contributed by atoms with Gasteiger partial charge in [-0.1, -0.05) is 17.7 Å². The van der Waals surface area contributed by atoms with Gasteiger partial charge >= 0.3 is 0 Å². The van der Waals surface area contributed by atoms with Crippen molar-refractivity contribution in [2.75, 3.05) is 0 Å². The van der Waals surface area contributed by atoms with Gasteiger partial charge in [0.1, 0.15) is 5.82 Å². The summed E-state index contributed by atoms with van der Waals surface area (Å²) >= 11 is 6.05. The Morgan fingerprint density at radius 1 is 1.08 bits per heavy atom. The number of amides is 3. The van der Waals surface area contributed by atoms with E-state index in [0.717, 1.165) is 12.8 Å². The van der Waals surface area contributed by atoms with Crippen LogP contribution in [0.4, 0.5) is 4.39 Å². The van der Waals surface area contributed by atoms with Gasteiger partial charge in [0, 0.05) is 41.6 Å². The first-order valence-electron chi connectivity index (χ1n) is 9.04. The summed E-state index contributed by atoms with van der Waals surface area (Å²) in [7, 11) is 0. The molecule has 1 unspecified atom stereocenters. The van der Waals surface area contributed by atoms with Gasteiger partial charge < -0.3 is 4.90 Å². The number of imide groups is 1. The highest BCUT2D eigenvalue weighted by Crippen LogP contribution is 2.39. The van der Waals surface area contributed by atoms with E-state index in [-0.39, 0.29) is 52.9 Å². The third-order valence-electron chi connectivity index (χ3n) is 5.84. The number of hydrogen-bond acceptors (Lipinski definition) is 3. The zero-order chi connectivity index (χ0) is 18.4. The summed E-state index contributed by atoms with van der Waals surface area (Å²) in [4.78, 5) is 40.1. The molecule has 3 atom stereocenters. The van der Waals surface area contributed by atoms with Crippen molar-refractivity contribution in [2.45, 2.75) is 63.1 Å². The van der Waals surface area contributed by atoms with Crippen molar-refractivity contribution in [3.63, 3.8) is 0 Å². The van der Waals surface area contributed by atoms with Gasteiger partial charge in [-0.25, -0.2) is 4.39 Å². The Morgan fingerprint density at radius 2 is 1.69 bits per heavy atom. The number of piperidine rings is 1. The summed E-state index contributed by atoms with van der Waals surface area (Å²) in [6.45, 7) is 0. The average molecular weight is 379 g/mol. The Hall–Kier alpha value is -1.95. The minimum atomic E-state index is -0.471. The predicted molar refractivity (Wildman–Crippen MR) is 92.9 cm³/mol. The van der Waals surface area contributed by atoms with Crippen LogP contribution >= 0.6 is 11.6 Å². The minimum Gasteiger partial charge on any atom is -0.336 e. The van der Waals surface area contributed by atoms with E-state index in [4.69, 9.17) is 11.6 Å². The fourth-order valence-electron chi connectivity index (χ4n) is 4.71. The third kappa shape index (κ3) is 2.90. The Kier molecular flexibility index (Phi) is 4.47. The quantitative estimate of drug-likeness (QED) is 0.760. The van der Waals surface area contributed by atoms with E-state index >= 15 is 0 Å². The molecule has 0 aliphatic carbocycles. The third-order valence-corrected chi connectivity index (χ3v) is 6.20. The largest absolute Gasteiger partial charge is 0.336 e. The van der Waals surface area contributed by atoms with Crippen molar-refractivity contribution < 1.29 is 18.8 Å². The van der Waals surface area contributed by atoms with E-state index in [9.17, 15) is 18.8 Å². The lowest BCUT2D eigenvalue weighted by atomic mass is 9.95. The predicted octanol–water partition coefficient (Wildman–Crippen LogP) is 2.69. The Balaban J connectivity index is 1.49. The van der Waals surface area contributed by atoms with Crippen LogP contribution in [0.5, 0.6) is 0 Å². The van der Waals surface area contributed by atoms with Crippen LogP contribution in [0.1, 0.15) is 44.1 Å². The average Bonchev–Trinajstić information content (AvgIpc) is 3.07. The van der Waals surface area contributed by atoms with Crippen LogP contribution in [0.2, 0.25) is 5.02 Å². The maximum atomic E-state index is 14.0. The number of halogens is 2. The summed E-state index contributed by atoms with van der Waals surface area (Å²) in [6, 6.07) is 4.29. The van der Waals surface area contributed by atoms with Crippen LogP contribution in [0, 0.1) is 5.82 Å². The van der Waals surface area contributed by atoms with Crippen LogP contribution in [0.3, 0.4) is 0 Å². The molecule has 3 saturated heterocycles. The Bertz CT molecular complexity index is 734. The first kappa shape index (κ1) is 17.5. The maximum Gasteiger partial charge on any atom is 0.229 e. The highest BCUT2D eigenvalue weighted by Gasteiger charge is 2.47. The second-order valence-corrected chi connectivity index (χ2v) is 7.75. The van der Waals surface area contributed by atoms with Gasteiger partial charge in [0.15, 0.2) is 0 Å². The topological polar surface area (TPSA) is 57.7 Å². The van der Waals surface area contributed by atoms with Crippen molar-refractivity contribution in [2.24, 2.45) is 0 Å². The van der Waals surface area contributed by atoms with Crippen molar-refractivity contribution in [1.82, 2.24) is 9.80 Å². The number of nitrogens with zero attached hydrogens (tertiary/aromatic N) is 2. The number of carbonyl (C=O) groups is 3. The highest BCUT2D eigenvalue weighted by molar-refractivity contribution is 6.31. The standard InChI is InChI=1S/C19H20ClFN2O3/c20-15-2-1-3-16(21)14(15)10-19(26)22-11-4-5-12(22)9-13(8-11)23-17(24)6-7-18(23)25/h1-3,11-13H,4-10H2/t11-,12+,13?. The summed E-state index contributed by atoms with van der Waals surface area (Å²) in [5.74, 6) is -0.807. The van der Waals surface area contributed by atoms with Crippen molar-refractivity contribution >= 4 is 29.3 Å². The van der Waals surface area contributed by atoms with Crippen molar-refractivity contribution in [3.8, 4) is 0 Å². The number of rotatable bonds is 3. The normalized spacial score (nSPS) is 28.2. The lowest BCUT2D eigenvalue weighted by molar-refractivity contribution is -0.144. The Morgan fingerprint density at radius 3 is 2.27 bits per heavy atom. The number of hydrogen-bond donors (Lipinski definition) is 0. The highest BCUT2D eigenvalue weighted by atomic mass is 35.5. The molecule has 4 rings (SSSR count). The van der Waals surface area contributed by atoms with E-state index in [1.54, 1.807) is 6.07 Å². The van der Waals surface area contributed by atoms with E-state index in [1.807, 2.05) is 4.90 Å². The van der Waals surface area contributed by atoms with Crippen LogP contribution < -0.4 is 0 Å². The monoisotopic (exact) mass is 378 g/mol. The molecule has 0 saturated carbocycles. The molecule has 3 heterocycles. The second kappa shape index (κ2) is 6.65. The molecule has 2 bridgehead atoms. The van der Waals surface area contributed by atoms with Crippen molar-refractivity contribution in [1.29, 1.82) is 0 Å². The van der Waals surface area contributed by atoms with Gasteiger partial charge in [0.25, 0.3) is 0 Å². The number of benzene rings is 1. The molecular formula is C19H20ClFN2O3. The van der Waals surface area contributed by atoms with Gasteiger partial charge in [0.2, 0.25) is 17.7 Å². The van der Waals surface area contributed by atoms with Crippen LogP contribution in [0.15, 0.2) is 18.2 Å². The molecule has 0 spiro atoms. The fourth-order valence-corrected chi connectivity index (χ4v) is 4.94. The molecule has 7 heteroatoms. The zero-order valence-electron chi connectivity index (χ0n) is 14.3. The van der Waals surface area contributed by atoms with Gasteiger partial charge in [-0.05, 0) is 37.8 Å². The maximum absolute atomic E-state index is 14.0. The summed E-state index contributed by atoms with van der Waals surface area (Å²) in [5.41, 5.74) is 0.227. The molecule has 1 aromatic rings. The lowest BCUT2D eigenvalue weighted by Crippen LogP contribution is -2.54. The van der Waals surface area contributed by atoms with Gasteiger partial charge in [-0.2, -0.15) is 0 Å². The summed E-state index contributed by atoms with van der Waals surface area (Å²) in [5, 5.41) is 0.258. The number of carbonyl (C=O) groups excluding carboxylic acids is 3. The first-order chi connectivity index (χ1) is 12.5. The fraction of sp³-hybridized carbons (Fsp3) is 0.526. The molecule has 3 aliphatic rings. The van der Waals surface area contributed by atoms with Crippen LogP contribution in [0.25, 0.3) is 0 Å². The van der Waals surface area contributed by atoms with Gasteiger partial charge in [-0.15, -0.1) is 0 Å². The molecule has 1 aromatic carbocycles. The molecule has 3 amide bonds. The lowest BCUT2D eigenvalue weighted by Gasteiger charge is -2.41. The van der Waals surface area contributed by atoms with E-state index in [0.29, 0.717) is 25.7 Å². The molecule has 3 aliphatic heterocycles. The molecular weight excluding hydrogens is 359 g/mol. The minimum absolute atomic E-state index is 0.00185. The Labute approximate surface area is 156 Å². The molecule has 26 heavy (non-hydrogen) atoms. The summed E-state index contributed by atoms with van der Waals surface area (Å²) < 4.78 is 14.0. The molecule has 3 fully saturated rings. The SMILES string of the molecule is O=C1CCC(=O)N1C1C[C@H]2CC[C@@H](C1)N2C(=O)Cc1c(F)cccc1Cl. The van der Waals surface area contributed by atoms with Crippen LogP contribution in [-0.4, -0.2) is 45.6 Å². The van der Waals surface area contributed by atoms with E-state index < -0.39 is 5.82 Å². The van der Waals surface area contributed by atoms with Crippen molar-refractivity contribution in [3.05, 3.63) is 34.6 Å². The molecule has 0 N–H and O–H groups in total. The second-order valence-electron chi connectivity index (χ2n) is 7.35. The number of fused-ring (bicyclic) bond motifs is 2. The molecule has 5 nitrogen and oxygen atoms in total. The first-order valence-corrected chi connectivity index (χ1v) is 9.42. The molecule has 0 aromatic heterocycles.